The van der Waals surface area contributed by atoms with Crippen molar-refractivity contribution in [3.05, 3.63) is 35.9 Å². The first-order valence-corrected chi connectivity index (χ1v) is 7.51. The predicted molar refractivity (Wildman–Crippen MR) is 84.3 cm³/mol. The summed E-state index contributed by atoms with van der Waals surface area (Å²) in [4.78, 5) is 2.54. The van der Waals surface area contributed by atoms with E-state index in [9.17, 15) is 0 Å². The molecule has 0 spiro atoms. The Balaban J connectivity index is 2.67. The van der Waals surface area contributed by atoms with Gasteiger partial charge in [0.15, 0.2) is 0 Å². The Kier molecular flexibility index (Phi) is 6.53. The number of nitrogens with zero attached hydrogens (tertiary/aromatic N) is 1. The van der Waals surface area contributed by atoms with Gasteiger partial charge in [-0.25, -0.2) is 0 Å². The molecule has 0 heterocycles. The van der Waals surface area contributed by atoms with E-state index in [0.29, 0.717) is 5.92 Å². The Bertz CT molecular complexity index is 348. The van der Waals surface area contributed by atoms with E-state index in [-0.39, 0.29) is 5.54 Å². The van der Waals surface area contributed by atoms with E-state index in [0.717, 1.165) is 32.5 Å². The molecule has 1 atom stereocenters. The van der Waals surface area contributed by atoms with Gasteiger partial charge in [0.2, 0.25) is 0 Å². The van der Waals surface area contributed by atoms with E-state index in [1.54, 1.807) is 0 Å². The van der Waals surface area contributed by atoms with Crippen LogP contribution in [0.4, 0.5) is 0 Å². The quantitative estimate of drug-likeness (QED) is 0.779. The second kappa shape index (κ2) is 7.66. The molecule has 108 valence electrons. The van der Waals surface area contributed by atoms with Crippen molar-refractivity contribution < 1.29 is 0 Å². The molecule has 0 saturated carbocycles. The van der Waals surface area contributed by atoms with Crippen LogP contribution in [0, 0.1) is 5.92 Å². The summed E-state index contributed by atoms with van der Waals surface area (Å²) in [5.74, 6) is 0.683. The predicted octanol–water partition coefficient (Wildman–Crippen LogP) is 3.31. The number of benzene rings is 1. The second-order valence-corrected chi connectivity index (χ2v) is 6.12. The van der Waals surface area contributed by atoms with Gasteiger partial charge in [-0.3, -0.25) is 4.90 Å². The zero-order chi connectivity index (χ0) is 14.3. The molecule has 0 aromatic heterocycles. The summed E-state index contributed by atoms with van der Waals surface area (Å²) in [5, 5.41) is 0. The van der Waals surface area contributed by atoms with Gasteiger partial charge < -0.3 is 5.73 Å². The van der Waals surface area contributed by atoms with Crippen molar-refractivity contribution in [3.63, 3.8) is 0 Å². The number of aryl methyl sites for hydroxylation is 1. The number of hydrogen-bond acceptors (Lipinski definition) is 2. The highest BCUT2D eigenvalue weighted by Gasteiger charge is 2.29. The van der Waals surface area contributed by atoms with Gasteiger partial charge in [0.1, 0.15) is 0 Å². The van der Waals surface area contributed by atoms with E-state index >= 15 is 0 Å². The highest BCUT2D eigenvalue weighted by molar-refractivity contribution is 5.15. The van der Waals surface area contributed by atoms with Crippen molar-refractivity contribution in [2.75, 3.05) is 19.6 Å². The lowest BCUT2D eigenvalue weighted by Gasteiger charge is -2.41. The normalized spacial score (nSPS) is 14.9. The van der Waals surface area contributed by atoms with Gasteiger partial charge in [0, 0.05) is 18.6 Å². The summed E-state index contributed by atoms with van der Waals surface area (Å²) in [6, 6.07) is 10.7. The molecule has 0 fully saturated rings. The van der Waals surface area contributed by atoms with Crippen LogP contribution in [0.15, 0.2) is 30.3 Å². The summed E-state index contributed by atoms with van der Waals surface area (Å²) >= 11 is 0. The van der Waals surface area contributed by atoms with Crippen molar-refractivity contribution in [1.82, 2.24) is 4.90 Å². The highest BCUT2D eigenvalue weighted by atomic mass is 15.2. The second-order valence-electron chi connectivity index (χ2n) is 6.12. The fraction of sp³-hybridized carbons (Fsp3) is 0.647. The third kappa shape index (κ3) is 4.96. The average Bonchev–Trinajstić information content (AvgIpc) is 2.43. The van der Waals surface area contributed by atoms with Crippen LogP contribution in [0.1, 0.15) is 39.7 Å². The van der Waals surface area contributed by atoms with Crippen LogP contribution in [-0.2, 0) is 6.42 Å². The van der Waals surface area contributed by atoms with Crippen LogP contribution in [0.5, 0.6) is 0 Å². The average molecular weight is 262 g/mol. The smallest absolute Gasteiger partial charge is 0.0306 e. The Morgan fingerprint density at radius 2 is 1.84 bits per heavy atom. The maximum atomic E-state index is 6.08. The van der Waals surface area contributed by atoms with Crippen molar-refractivity contribution >= 4 is 0 Å². The lowest BCUT2D eigenvalue weighted by atomic mass is 9.90. The molecule has 2 nitrogen and oxygen atoms in total. The molecule has 0 radical (unpaired) electrons. The zero-order valence-electron chi connectivity index (χ0n) is 13.0. The summed E-state index contributed by atoms with van der Waals surface area (Å²) in [6.45, 7) is 12.0. The Hall–Kier alpha value is -0.860. The van der Waals surface area contributed by atoms with Gasteiger partial charge in [-0.2, -0.15) is 0 Å². The van der Waals surface area contributed by atoms with Crippen LogP contribution < -0.4 is 5.73 Å². The molecule has 0 bridgehead atoms. The maximum absolute atomic E-state index is 6.08. The van der Waals surface area contributed by atoms with Crippen molar-refractivity contribution in [2.24, 2.45) is 11.7 Å². The topological polar surface area (TPSA) is 29.3 Å². The van der Waals surface area contributed by atoms with Crippen molar-refractivity contribution in [1.29, 1.82) is 0 Å². The zero-order valence-corrected chi connectivity index (χ0v) is 13.0. The number of likely N-dealkylation sites (N-methyl/N-ethyl adjacent to an activating group) is 1. The van der Waals surface area contributed by atoms with Crippen LogP contribution in [0.25, 0.3) is 0 Å². The first kappa shape index (κ1) is 16.2. The Labute approximate surface area is 119 Å². The fourth-order valence-corrected chi connectivity index (χ4v) is 2.62. The molecule has 0 aliphatic carbocycles. The molecule has 2 heteroatoms. The van der Waals surface area contributed by atoms with Crippen LogP contribution in [-0.4, -0.2) is 30.1 Å². The summed E-state index contributed by atoms with van der Waals surface area (Å²) < 4.78 is 0. The minimum Gasteiger partial charge on any atom is -0.329 e. The summed E-state index contributed by atoms with van der Waals surface area (Å²) in [5.41, 5.74) is 7.59. The molecule has 0 saturated heterocycles. The SMILES string of the molecule is CCN(CC(C)C)C(C)(CN)CCc1ccccc1. The molecular formula is C17H30N2. The monoisotopic (exact) mass is 262 g/mol. The van der Waals surface area contributed by atoms with Gasteiger partial charge in [-0.15, -0.1) is 0 Å². The van der Waals surface area contributed by atoms with E-state index < -0.39 is 0 Å². The standard InChI is InChI=1S/C17H30N2/c1-5-19(13-15(2)3)17(4,14-18)12-11-16-9-7-6-8-10-16/h6-10,15H,5,11-14,18H2,1-4H3. The molecule has 0 amide bonds. The van der Waals surface area contributed by atoms with E-state index in [2.05, 4.69) is 62.9 Å². The highest BCUT2D eigenvalue weighted by Crippen LogP contribution is 2.22. The minimum absolute atomic E-state index is 0.106. The molecular weight excluding hydrogens is 232 g/mol. The lowest BCUT2D eigenvalue weighted by molar-refractivity contribution is 0.0940. The molecule has 1 rings (SSSR count). The third-order valence-corrected chi connectivity index (χ3v) is 3.97. The first-order valence-electron chi connectivity index (χ1n) is 7.51. The minimum atomic E-state index is 0.106. The molecule has 0 aliphatic rings. The summed E-state index contributed by atoms with van der Waals surface area (Å²) in [6.07, 6.45) is 2.22. The number of nitrogens with two attached hydrogens (primary N) is 1. The first-order chi connectivity index (χ1) is 9.01. The number of rotatable bonds is 8. The Morgan fingerprint density at radius 3 is 2.32 bits per heavy atom. The van der Waals surface area contributed by atoms with Gasteiger partial charge in [-0.05, 0) is 37.8 Å². The largest absolute Gasteiger partial charge is 0.329 e. The maximum Gasteiger partial charge on any atom is 0.0306 e. The van der Waals surface area contributed by atoms with Crippen LogP contribution in [0.3, 0.4) is 0 Å². The fourth-order valence-electron chi connectivity index (χ4n) is 2.62. The van der Waals surface area contributed by atoms with Gasteiger partial charge in [-0.1, -0.05) is 51.1 Å². The Morgan fingerprint density at radius 1 is 1.21 bits per heavy atom. The number of hydrogen-bond donors (Lipinski definition) is 1. The van der Waals surface area contributed by atoms with Gasteiger partial charge >= 0.3 is 0 Å². The van der Waals surface area contributed by atoms with E-state index in [1.807, 2.05) is 0 Å². The molecule has 1 aromatic rings. The van der Waals surface area contributed by atoms with Gasteiger partial charge in [0.25, 0.3) is 0 Å². The third-order valence-electron chi connectivity index (χ3n) is 3.97. The van der Waals surface area contributed by atoms with Crippen LogP contribution in [0.2, 0.25) is 0 Å². The van der Waals surface area contributed by atoms with Crippen molar-refractivity contribution in [3.8, 4) is 0 Å². The molecule has 2 N–H and O–H groups in total. The summed E-state index contributed by atoms with van der Waals surface area (Å²) in [7, 11) is 0. The van der Waals surface area contributed by atoms with Crippen molar-refractivity contribution in [2.45, 2.75) is 46.1 Å². The van der Waals surface area contributed by atoms with E-state index in [4.69, 9.17) is 5.73 Å². The molecule has 1 aromatic carbocycles. The lowest BCUT2D eigenvalue weighted by Crippen LogP contribution is -2.53. The molecule has 0 aliphatic heterocycles. The molecule has 19 heavy (non-hydrogen) atoms. The molecule has 1 unspecified atom stereocenters. The van der Waals surface area contributed by atoms with Crippen LogP contribution >= 0.6 is 0 Å². The van der Waals surface area contributed by atoms with E-state index in [1.165, 1.54) is 5.56 Å². The van der Waals surface area contributed by atoms with Gasteiger partial charge in [0.05, 0.1) is 0 Å².